The predicted octanol–water partition coefficient (Wildman–Crippen LogP) is 1.96. The van der Waals surface area contributed by atoms with Crippen molar-refractivity contribution in [3.05, 3.63) is 0 Å². The summed E-state index contributed by atoms with van der Waals surface area (Å²) >= 11 is 0. The molecule has 2 saturated carbocycles. The molecule has 22 heavy (non-hydrogen) atoms. The molecule has 0 atom stereocenters. The third kappa shape index (κ3) is 4.00. The second kappa shape index (κ2) is 8.27. The van der Waals surface area contributed by atoms with Gasteiger partial charge in [0.25, 0.3) is 0 Å². The van der Waals surface area contributed by atoms with Gasteiger partial charge in [0, 0.05) is 18.4 Å². The van der Waals surface area contributed by atoms with Crippen LogP contribution in [-0.4, -0.2) is 29.9 Å². The van der Waals surface area contributed by atoms with E-state index in [9.17, 15) is 14.7 Å². The highest BCUT2D eigenvalue weighted by atomic mass is 35.5. The van der Waals surface area contributed by atoms with Crippen LogP contribution in [0.1, 0.15) is 51.4 Å². The molecule has 0 bridgehead atoms. The molecule has 0 amide bonds. The normalized spacial score (nSPS) is 35.5. The first-order chi connectivity index (χ1) is 10.0. The lowest BCUT2D eigenvalue weighted by molar-refractivity contribution is -0.152. The number of rotatable bonds is 5. The van der Waals surface area contributed by atoms with E-state index in [-0.39, 0.29) is 30.8 Å². The average molecular weight is 333 g/mol. The van der Waals surface area contributed by atoms with Gasteiger partial charge in [-0.05, 0) is 63.8 Å². The number of halogens is 1. The third-order valence-corrected chi connectivity index (χ3v) is 5.77. The van der Waals surface area contributed by atoms with Crippen molar-refractivity contribution >= 4 is 24.2 Å². The fourth-order valence-corrected chi connectivity index (χ4v) is 3.98. The monoisotopic (exact) mass is 332 g/mol. The maximum atomic E-state index is 12.6. The second-order valence-corrected chi connectivity index (χ2v) is 6.92. The van der Waals surface area contributed by atoms with Crippen molar-refractivity contribution in [2.24, 2.45) is 34.6 Å². The molecule has 0 spiro atoms. The van der Waals surface area contributed by atoms with Crippen LogP contribution in [0.5, 0.6) is 0 Å². The van der Waals surface area contributed by atoms with E-state index in [4.69, 9.17) is 11.5 Å². The summed E-state index contributed by atoms with van der Waals surface area (Å²) in [5.41, 5.74) is 10.5. The van der Waals surface area contributed by atoms with Gasteiger partial charge < -0.3 is 16.6 Å². The van der Waals surface area contributed by atoms with Gasteiger partial charge in [0.15, 0.2) is 0 Å². The van der Waals surface area contributed by atoms with Crippen molar-refractivity contribution in [2.45, 2.75) is 51.4 Å². The molecule has 6 heteroatoms. The van der Waals surface area contributed by atoms with Crippen LogP contribution in [-0.2, 0) is 9.59 Å². The minimum absolute atomic E-state index is 0. The lowest BCUT2D eigenvalue weighted by Crippen LogP contribution is -2.43. The Morgan fingerprint density at radius 3 is 1.86 bits per heavy atom. The number of nitrogens with two attached hydrogens (primary N) is 2. The number of Topliss-reactive ketones (excluding diaryl/α,β-unsaturated/α-hetero) is 1. The minimum Gasteiger partial charge on any atom is -0.481 e. The van der Waals surface area contributed by atoms with Gasteiger partial charge in [-0.25, -0.2) is 0 Å². The number of hydrogen-bond donors (Lipinski definition) is 3. The molecule has 0 aromatic rings. The van der Waals surface area contributed by atoms with Crippen LogP contribution in [0.15, 0.2) is 0 Å². The Morgan fingerprint density at radius 1 is 0.955 bits per heavy atom. The fourth-order valence-electron chi connectivity index (χ4n) is 3.98. The standard InChI is InChI=1S/C16H28N2O3.ClH/c17-9-11-1-3-12(4-2-11)14(19)13-5-7-16(10-18,8-6-13)15(20)21;/h11-13H,1-10,17-18H2,(H,20,21);1H. The molecule has 2 aliphatic carbocycles. The first-order valence-corrected chi connectivity index (χ1v) is 8.19. The van der Waals surface area contributed by atoms with Crippen LogP contribution >= 0.6 is 12.4 Å². The number of carboxylic acid groups (broad SMARTS) is 1. The quantitative estimate of drug-likeness (QED) is 0.713. The van der Waals surface area contributed by atoms with Crippen molar-refractivity contribution in [2.75, 3.05) is 13.1 Å². The molecule has 0 unspecified atom stereocenters. The molecule has 5 nitrogen and oxygen atoms in total. The van der Waals surface area contributed by atoms with E-state index in [0.717, 1.165) is 32.2 Å². The van der Waals surface area contributed by atoms with E-state index in [1.54, 1.807) is 0 Å². The van der Waals surface area contributed by atoms with E-state index in [1.165, 1.54) is 0 Å². The maximum absolute atomic E-state index is 12.6. The van der Waals surface area contributed by atoms with Crippen LogP contribution in [0.4, 0.5) is 0 Å². The lowest BCUT2D eigenvalue weighted by atomic mass is 9.67. The molecule has 5 N–H and O–H groups in total. The second-order valence-electron chi connectivity index (χ2n) is 6.92. The van der Waals surface area contributed by atoms with Crippen molar-refractivity contribution < 1.29 is 14.7 Å². The highest BCUT2D eigenvalue weighted by Gasteiger charge is 2.43. The zero-order valence-corrected chi connectivity index (χ0v) is 13.9. The minimum atomic E-state index is -0.806. The zero-order chi connectivity index (χ0) is 15.5. The molecular formula is C16H29ClN2O3. The molecule has 0 radical (unpaired) electrons. The van der Waals surface area contributed by atoms with Crippen molar-refractivity contribution in [3.8, 4) is 0 Å². The van der Waals surface area contributed by atoms with Crippen LogP contribution < -0.4 is 11.5 Å². The number of hydrogen-bond acceptors (Lipinski definition) is 4. The van der Waals surface area contributed by atoms with Crippen molar-refractivity contribution in [1.29, 1.82) is 0 Å². The van der Waals surface area contributed by atoms with Crippen LogP contribution in [0.25, 0.3) is 0 Å². The summed E-state index contributed by atoms with van der Waals surface area (Å²) in [6.45, 7) is 0.896. The molecule has 0 aromatic heterocycles. The molecule has 0 heterocycles. The van der Waals surface area contributed by atoms with Crippen LogP contribution in [0.2, 0.25) is 0 Å². The summed E-state index contributed by atoms with van der Waals surface area (Å²) in [5, 5.41) is 9.34. The molecule has 128 valence electrons. The van der Waals surface area contributed by atoms with E-state index in [0.29, 0.717) is 37.4 Å². The van der Waals surface area contributed by atoms with Gasteiger partial charge in [-0.2, -0.15) is 0 Å². The van der Waals surface area contributed by atoms with E-state index < -0.39 is 11.4 Å². The molecule has 2 aliphatic rings. The topological polar surface area (TPSA) is 106 Å². The van der Waals surface area contributed by atoms with Crippen molar-refractivity contribution in [1.82, 2.24) is 0 Å². The van der Waals surface area contributed by atoms with Gasteiger partial charge in [0.1, 0.15) is 5.78 Å². The van der Waals surface area contributed by atoms with Gasteiger partial charge in [-0.3, -0.25) is 9.59 Å². The van der Waals surface area contributed by atoms with Gasteiger partial charge in [-0.1, -0.05) is 0 Å². The largest absolute Gasteiger partial charge is 0.481 e. The SMILES string of the molecule is Cl.NCC1CCC(C(=O)C2CCC(CN)(C(=O)O)CC2)CC1. The molecule has 0 aromatic carbocycles. The first kappa shape index (κ1) is 19.4. The summed E-state index contributed by atoms with van der Waals surface area (Å²) in [6, 6.07) is 0. The van der Waals surface area contributed by atoms with E-state index >= 15 is 0 Å². The fraction of sp³-hybridized carbons (Fsp3) is 0.875. The highest BCUT2D eigenvalue weighted by molar-refractivity contribution is 5.85. The molecule has 0 aliphatic heterocycles. The predicted molar refractivity (Wildman–Crippen MR) is 87.8 cm³/mol. The summed E-state index contributed by atoms with van der Waals surface area (Å²) in [4.78, 5) is 24.0. The number of ketones is 1. The van der Waals surface area contributed by atoms with Gasteiger partial charge >= 0.3 is 5.97 Å². The number of carbonyl (C=O) groups excluding carboxylic acids is 1. The smallest absolute Gasteiger partial charge is 0.310 e. The number of carbonyl (C=O) groups is 2. The number of aliphatic carboxylic acids is 1. The zero-order valence-electron chi connectivity index (χ0n) is 13.1. The van der Waals surface area contributed by atoms with Crippen LogP contribution in [0, 0.1) is 23.2 Å². The number of carboxylic acids is 1. The van der Waals surface area contributed by atoms with Gasteiger partial charge in [0.05, 0.1) is 5.41 Å². The summed E-state index contributed by atoms with van der Waals surface area (Å²) in [7, 11) is 0. The Labute approximate surface area is 138 Å². The Hall–Kier alpha value is -0.650. The Bertz CT molecular complexity index is 387. The van der Waals surface area contributed by atoms with Crippen molar-refractivity contribution in [3.63, 3.8) is 0 Å². The first-order valence-electron chi connectivity index (χ1n) is 8.19. The maximum Gasteiger partial charge on any atom is 0.310 e. The summed E-state index contributed by atoms with van der Waals surface area (Å²) in [5.74, 6) is 0.356. The Balaban J connectivity index is 0.00000242. The summed E-state index contributed by atoms with van der Waals surface area (Å²) in [6.07, 6.45) is 6.46. The Kier molecular flexibility index (Phi) is 7.29. The third-order valence-electron chi connectivity index (χ3n) is 5.77. The molecule has 2 fully saturated rings. The van der Waals surface area contributed by atoms with Gasteiger partial charge in [-0.15, -0.1) is 12.4 Å². The van der Waals surface area contributed by atoms with E-state index in [2.05, 4.69) is 0 Å². The molecule has 2 rings (SSSR count). The highest BCUT2D eigenvalue weighted by Crippen LogP contribution is 2.41. The van der Waals surface area contributed by atoms with Crippen LogP contribution in [0.3, 0.4) is 0 Å². The Morgan fingerprint density at radius 2 is 1.45 bits per heavy atom. The van der Waals surface area contributed by atoms with E-state index in [1.807, 2.05) is 0 Å². The summed E-state index contributed by atoms with van der Waals surface area (Å²) < 4.78 is 0. The average Bonchev–Trinajstić information content (AvgIpc) is 2.54. The molecule has 0 saturated heterocycles. The van der Waals surface area contributed by atoms with Gasteiger partial charge in [0.2, 0.25) is 0 Å². The lowest BCUT2D eigenvalue weighted by Gasteiger charge is -2.37. The molecular weight excluding hydrogens is 304 g/mol.